The highest BCUT2D eigenvalue weighted by molar-refractivity contribution is 6.02. The van der Waals surface area contributed by atoms with Gasteiger partial charge in [-0.05, 0) is 48.8 Å². The van der Waals surface area contributed by atoms with Gasteiger partial charge in [-0.1, -0.05) is 48.6 Å². The third kappa shape index (κ3) is 3.41. The molecule has 2 N–H and O–H groups in total. The molecule has 0 bridgehead atoms. The topological polar surface area (TPSA) is 67.4 Å². The standard InChI is InChI=1S/C25H26N2O3/c1-3-30-24(29)21-15-25-19(12-13-26-21)10-7-11-22(25)27-16-20(25)23(28)17(2)14-18-8-5-4-6-9-18/h4-12,14-15,20,26-27H,3,13,16H2,1-2H3/b17-14+. The summed E-state index contributed by atoms with van der Waals surface area (Å²) in [5.41, 5.74) is 3.34. The Kier molecular flexibility index (Phi) is 5.44. The lowest BCUT2D eigenvalue weighted by Crippen LogP contribution is -2.36. The maximum Gasteiger partial charge on any atom is 0.354 e. The van der Waals surface area contributed by atoms with Crippen LogP contribution in [0.5, 0.6) is 0 Å². The fourth-order valence-electron chi connectivity index (χ4n) is 4.48. The van der Waals surface area contributed by atoms with Crippen molar-refractivity contribution in [2.24, 2.45) is 11.3 Å². The lowest BCUT2D eigenvalue weighted by molar-refractivity contribution is -0.139. The Labute approximate surface area is 176 Å². The van der Waals surface area contributed by atoms with E-state index in [0.717, 1.165) is 16.8 Å². The zero-order valence-electron chi connectivity index (χ0n) is 17.3. The zero-order chi connectivity index (χ0) is 21.1. The summed E-state index contributed by atoms with van der Waals surface area (Å²) in [5, 5.41) is 6.57. The molecule has 2 unspecified atom stereocenters. The highest BCUT2D eigenvalue weighted by Crippen LogP contribution is 2.51. The van der Waals surface area contributed by atoms with E-state index in [1.54, 1.807) is 6.92 Å². The van der Waals surface area contributed by atoms with Crippen molar-refractivity contribution in [2.45, 2.75) is 13.8 Å². The minimum atomic E-state index is -0.705. The lowest BCUT2D eigenvalue weighted by Gasteiger charge is -2.35. The van der Waals surface area contributed by atoms with Crippen LogP contribution in [0.25, 0.3) is 6.08 Å². The summed E-state index contributed by atoms with van der Waals surface area (Å²) in [7, 11) is 0. The first-order chi connectivity index (χ1) is 14.6. The second-order valence-electron chi connectivity index (χ2n) is 7.66. The van der Waals surface area contributed by atoms with Crippen LogP contribution in [-0.4, -0.2) is 31.4 Å². The van der Waals surface area contributed by atoms with Crippen LogP contribution in [0, 0.1) is 11.3 Å². The average Bonchev–Trinajstić information content (AvgIpc) is 3.00. The monoisotopic (exact) mass is 402 g/mol. The first kappa shape index (κ1) is 20.0. The smallest absolute Gasteiger partial charge is 0.354 e. The van der Waals surface area contributed by atoms with Crippen LogP contribution in [-0.2, 0) is 14.3 Å². The van der Waals surface area contributed by atoms with Gasteiger partial charge in [0.25, 0.3) is 0 Å². The number of carbonyl (C=O) groups excluding carboxylic acids is 2. The van der Waals surface area contributed by atoms with Gasteiger partial charge in [0.2, 0.25) is 0 Å². The van der Waals surface area contributed by atoms with Crippen LogP contribution >= 0.6 is 0 Å². The lowest BCUT2D eigenvalue weighted by atomic mass is 9.65. The van der Waals surface area contributed by atoms with Gasteiger partial charge >= 0.3 is 5.97 Å². The Morgan fingerprint density at radius 3 is 2.80 bits per heavy atom. The Morgan fingerprint density at radius 2 is 2.03 bits per heavy atom. The van der Waals surface area contributed by atoms with Gasteiger partial charge in [0.15, 0.2) is 5.78 Å². The largest absolute Gasteiger partial charge is 0.461 e. The fourth-order valence-corrected chi connectivity index (χ4v) is 4.48. The molecule has 0 saturated carbocycles. The number of esters is 1. The maximum atomic E-state index is 13.6. The molecule has 0 radical (unpaired) electrons. The molecule has 2 atom stereocenters. The minimum Gasteiger partial charge on any atom is -0.461 e. The van der Waals surface area contributed by atoms with E-state index in [1.165, 1.54) is 0 Å². The van der Waals surface area contributed by atoms with E-state index in [9.17, 15) is 9.59 Å². The molecule has 30 heavy (non-hydrogen) atoms. The number of hydrogen-bond donors (Lipinski definition) is 2. The van der Waals surface area contributed by atoms with Crippen molar-refractivity contribution in [3.8, 4) is 0 Å². The summed E-state index contributed by atoms with van der Waals surface area (Å²) in [5.74, 6) is -0.688. The van der Waals surface area contributed by atoms with Crippen molar-refractivity contribution in [1.82, 2.24) is 10.6 Å². The van der Waals surface area contributed by atoms with Gasteiger partial charge in [-0.3, -0.25) is 4.79 Å². The number of allylic oxidation sites excluding steroid dienone is 5. The molecular weight excluding hydrogens is 376 g/mol. The molecule has 5 nitrogen and oxygen atoms in total. The minimum absolute atomic E-state index is 0.0670. The van der Waals surface area contributed by atoms with Gasteiger partial charge in [-0.25, -0.2) is 4.79 Å². The van der Waals surface area contributed by atoms with Gasteiger partial charge in [0, 0.05) is 18.8 Å². The van der Waals surface area contributed by atoms with Crippen LogP contribution < -0.4 is 10.6 Å². The summed E-state index contributed by atoms with van der Waals surface area (Å²) < 4.78 is 5.24. The summed E-state index contributed by atoms with van der Waals surface area (Å²) in [6.07, 6.45) is 11.9. The molecule has 3 aliphatic rings. The zero-order valence-corrected chi connectivity index (χ0v) is 17.3. The normalized spacial score (nSPS) is 24.8. The van der Waals surface area contributed by atoms with Crippen LogP contribution in [0.3, 0.4) is 0 Å². The van der Waals surface area contributed by atoms with Crippen LogP contribution in [0.15, 0.2) is 83.3 Å². The maximum absolute atomic E-state index is 13.6. The second kappa shape index (κ2) is 8.19. The number of benzene rings is 1. The molecule has 1 saturated heterocycles. The SMILES string of the molecule is CCOC(=O)C1=CC23C(=CCN1)C=CC=C2NCC3C(=O)/C(C)=C/c1ccccc1. The number of carbonyl (C=O) groups is 2. The number of ketones is 1. The summed E-state index contributed by atoms with van der Waals surface area (Å²) in [6, 6.07) is 9.83. The van der Waals surface area contributed by atoms with Crippen molar-refractivity contribution < 1.29 is 14.3 Å². The van der Waals surface area contributed by atoms with Crippen LogP contribution in [0.4, 0.5) is 0 Å². The van der Waals surface area contributed by atoms with Crippen molar-refractivity contribution in [3.63, 3.8) is 0 Å². The number of rotatable bonds is 5. The van der Waals surface area contributed by atoms with Crippen molar-refractivity contribution in [3.05, 3.63) is 88.8 Å². The number of ether oxygens (including phenoxy) is 1. The first-order valence-electron chi connectivity index (χ1n) is 10.3. The molecule has 4 rings (SSSR count). The number of hydrogen-bond acceptors (Lipinski definition) is 5. The summed E-state index contributed by atoms with van der Waals surface area (Å²) >= 11 is 0. The highest BCUT2D eigenvalue weighted by Gasteiger charge is 2.52. The van der Waals surface area contributed by atoms with Gasteiger partial charge in [0.05, 0.1) is 17.9 Å². The molecule has 1 spiro atoms. The molecule has 0 aromatic heterocycles. The summed E-state index contributed by atoms with van der Waals surface area (Å²) in [6.45, 7) is 4.95. The van der Waals surface area contributed by atoms with Crippen LogP contribution in [0.2, 0.25) is 0 Å². The van der Waals surface area contributed by atoms with Gasteiger partial charge in [0.1, 0.15) is 5.70 Å². The third-order valence-electron chi connectivity index (χ3n) is 5.88. The van der Waals surface area contributed by atoms with Crippen molar-refractivity contribution in [2.75, 3.05) is 19.7 Å². The van der Waals surface area contributed by atoms with E-state index in [4.69, 9.17) is 4.74 Å². The van der Waals surface area contributed by atoms with Gasteiger partial charge < -0.3 is 15.4 Å². The van der Waals surface area contributed by atoms with E-state index in [0.29, 0.717) is 31.0 Å². The Morgan fingerprint density at radius 1 is 1.23 bits per heavy atom. The second-order valence-corrected chi connectivity index (χ2v) is 7.66. The Hall–Kier alpha value is -3.34. The van der Waals surface area contributed by atoms with Crippen molar-refractivity contribution >= 4 is 17.8 Å². The van der Waals surface area contributed by atoms with Gasteiger partial charge in [-0.15, -0.1) is 0 Å². The number of nitrogens with one attached hydrogen (secondary N) is 2. The Bertz CT molecular complexity index is 1010. The molecule has 1 fully saturated rings. The Balaban J connectivity index is 1.77. The predicted molar refractivity (Wildman–Crippen MR) is 117 cm³/mol. The third-order valence-corrected chi connectivity index (χ3v) is 5.88. The molecule has 2 aliphatic heterocycles. The predicted octanol–water partition coefficient (Wildman–Crippen LogP) is 3.30. The van der Waals surface area contributed by atoms with Gasteiger partial charge in [-0.2, -0.15) is 0 Å². The first-order valence-corrected chi connectivity index (χ1v) is 10.3. The van der Waals surface area contributed by atoms with E-state index < -0.39 is 11.4 Å². The van der Waals surface area contributed by atoms with E-state index in [-0.39, 0.29) is 11.7 Å². The quantitative estimate of drug-likeness (QED) is 0.584. The molecule has 1 aromatic rings. The molecule has 1 aliphatic carbocycles. The summed E-state index contributed by atoms with van der Waals surface area (Å²) in [4.78, 5) is 26.1. The molecule has 5 heteroatoms. The van der Waals surface area contributed by atoms with Crippen LogP contribution in [0.1, 0.15) is 19.4 Å². The number of Topliss-reactive ketones (excluding diaryl/α,β-unsaturated/α-hetero) is 1. The molecule has 154 valence electrons. The molecule has 2 heterocycles. The van der Waals surface area contributed by atoms with E-state index in [2.05, 4.69) is 16.7 Å². The average molecular weight is 402 g/mol. The van der Waals surface area contributed by atoms with Crippen molar-refractivity contribution in [1.29, 1.82) is 0 Å². The molecular formula is C25H26N2O3. The molecule has 1 aromatic carbocycles. The highest BCUT2D eigenvalue weighted by atomic mass is 16.5. The van der Waals surface area contributed by atoms with E-state index >= 15 is 0 Å². The molecule has 0 amide bonds. The van der Waals surface area contributed by atoms with E-state index in [1.807, 2.05) is 67.6 Å². The fraction of sp³-hybridized carbons (Fsp3) is 0.280.